The van der Waals surface area contributed by atoms with Crippen molar-refractivity contribution in [3.05, 3.63) is 0 Å². The van der Waals surface area contributed by atoms with Crippen LogP contribution in [0, 0.1) is 5.92 Å². The lowest BCUT2D eigenvalue weighted by molar-refractivity contribution is -0.266. The molecule has 0 spiro atoms. The maximum Gasteiger partial charge on any atom is 0.508 e. The van der Waals surface area contributed by atoms with Crippen LogP contribution in [0.1, 0.15) is 13.8 Å². The number of hydrogen-bond donors (Lipinski definition) is 0. The van der Waals surface area contributed by atoms with Gasteiger partial charge in [0.2, 0.25) is 0 Å². The standard InChI is InChI=1S/C11H18O6/c1-11(2)15-4-8(5-16-11)3-13-6-9-7-14-10(12)17-9/h8-9H,3-7H2,1-2H3. The molecule has 2 aliphatic heterocycles. The summed E-state index contributed by atoms with van der Waals surface area (Å²) in [6, 6.07) is 0. The lowest BCUT2D eigenvalue weighted by atomic mass is 10.1. The summed E-state index contributed by atoms with van der Waals surface area (Å²) in [4.78, 5) is 10.6. The lowest BCUT2D eigenvalue weighted by Gasteiger charge is -2.34. The van der Waals surface area contributed by atoms with E-state index in [2.05, 4.69) is 4.74 Å². The highest BCUT2D eigenvalue weighted by Crippen LogP contribution is 2.20. The van der Waals surface area contributed by atoms with Gasteiger partial charge in [0.05, 0.1) is 26.4 Å². The molecule has 2 rings (SSSR count). The van der Waals surface area contributed by atoms with Crippen LogP contribution < -0.4 is 0 Å². The fourth-order valence-corrected chi connectivity index (χ4v) is 1.64. The summed E-state index contributed by atoms with van der Waals surface area (Å²) >= 11 is 0. The van der Waals surface area contributed by atoms with Gasteiger partial charge in [-0.25, -0.2) is 4.79 Å². The fraction of sp³-hybridized carbons (Fsp3) is 0.909. The van der Waals surface area contributed by atoms with Crippen LogP contribution >= 0.6 is 0 Å². The van der Waals surface area contributed by atoms with Crippen LogP contribution in [-0.4, -0.2) is 51.1 Å². The Morgan fingerprint density at radius 2 is 1.94 bits per heavy atom. The maximum absolute atomic E-state index is 10.6. The minimum absolute atomic E-state index is 0.223. The van der Waals surface area contributed by atoms with E-state index in [1.807, 2.05) is 13.8 Å². The van der Waals surface area contributed by atoms with Crippen molar-refractivity contribution in [2.24, 2.45) is 5.92 Å². The molecule has 2 heterocycles. The van der Waals surface area contributed by atoms with E-state index in [1.54, 1.807) is 0 Å². The molecule has 6 heteroatoms. The average Bonchev–Trinajstić information content (AvgIpc) is 2.67. The summed E-state index contributed by atoms with van der Waals surface area (Å²) in [5.74, 6) is -0.272. The molecule has 0 aliphatic carbocycles. The number of cyclic esters (lactones) is 2. The minimum Gasteiger partial charge on any atom is -0.430 e. The third-order valence-electron chi connectivity index (χ3n) is 2.64. The van der Waals surface area contributed by atoms with Gasteiger partial charge in [0, 0.05) is 5.92 Å². The summed E-state index contributed by atoms with van der Waals surface area (Å²) < 4.78 is 25.9. The van der Waals surface area contributed by atoms with Crippen molar-refractivity contribution in [3.63, 3.8) is 0 Å². The van der Waals surface area contributed by atoms with E-state index in [9.17, 15) is 4.79 Å². The van der Waals surface area contributed by atoms with E-state index in [1.165, 1.54) is 0 Å². The summed E-state index contributed by atoms with van der Waals surface area (Å²) in [5, 5.41) is 0. The molecule has 0 saturated carbocycles. The second-order valence-corrected chi connectivity index (χ2v) is 4.73. The molecular formula is C11H18O6. The first-order valence-corrected chi connectivity index (χ1v) is 5.74. The first kappa shape index (κ1) is 12.6. The van der Waals surface area contributed by atoms with E-state index in [-0.39, 0.29) is 18.6 Å². The Hall–Kier alpha value is -0.850. The summed E-state index contributed by atoms with van der Waals surface area (Å²) in [7, 11) is 0. The van der Waals surface area contributed by atoms with Crippen molar-refractivity contribution < 1.29 is 28.5 Å². The summed E-state index contributed by atoms with van der Waals surface area (Å²) in [6.07, 6.45) is -0.908. The second kappa shape index (κ2) is 5.20. The van der Waals surface area contributed by atoms with Crippen LogP contribution in [0.5, 0.6) is 0 Å². The quantitative estimate of drug-likeness (QED) is 0.688. The average molecular weight is 246 g/mol. The Morgan fingerprint density at radius 1 is 1.24 bits per heavy atom. The zero-order valence-corrected chi connectivity index (χ0v) is 10.1. The van der Waals surface area contributed by atoms with E-state index < -0.39 is 11.9 Å². The van der Waals surface area contributed by atoms with E-state index in [0.29, 0.717) is 26.4 Å². The van der Waals surface area contributed by atoms with Gasteiger partial charge in [0.25, 0.3) is 0 Å². The topological polar surface area (TPSA) is 63.2 Å². The van der Waals surface area contributed by atoms with Crippen LogP contribution in [0.3, 0.4) is 0 Å². The Labute approximate surface area is 100 Å². The molecule has 1 unspecified atom stereocenters. The van der Waals surface area contributed by atoms with Crippen LogP contribution in [0.4, 0.5) is 4.79 Å². The third kappa shape index (κ3) is 3.83. The van der Waals surface area contributed by atoms with Gasteiger partial charge in [-0.3, -0.25) is 0 Å². The van der Waals surface area contributed by atoms with Gasteiger partial charge >= 0.3 is 6.16 Å². The van der Waals surface area contributed by atoms with Gasteiger partial charge < -0.3 is 23.7 Å². The highest BCUT2D eigenvalue weighted by Gasteiger charge is 2.29. The largest absolute Gasteiger partial charge is 0.508 e. The summed E-state index contributed by atoms with van der Waals surface area (Å²) in [6.45, 7) is 6.17. The van der Waals surface area contributed by atoms with Gasteiger partial charge in [-0.05, 0) is 13.8 Å². The molecule has 1 atom stereocenters. The van der Waals surface area contributed by atoms with Gasteiger partial charge in [0.1, 0.15) is 6.61 Å². The molecule has 2 saturated heterocycles. The molecular weight excluding hydrogens is 228 g/mol. The molecule has 0 N–H and O–H groups in total. The summed E-state index contributed by atoms with van der Waals surface area (Å²) in [5.41, 5.74) is 0. The smallest absolute Gasteiger partial charge is 0.430 e. The molecule has 2 fully saturated rings. The first-order chi connectivity index (χ1) is 8.05. The number of ether oxygens (including phenoxy) is 5. The Morgan fingerprint density at radius 3 is 2.53 bits per heavy atom. The molecule has 17 heavy (non-hydrogen) atoms. The van der Waals surface area contributed by atoms with Crippen molar-refractivity contribution in [2.45, 2.75) is 25.7 Å². The van der Waals surface area contributed by atoms with Crippen LogP contribution in [0.2, 0.25) is 0 Å². The molecule has 98 valence electrons. The number of carbonyl (C=O) groups is 1. The van der Waals surface area contributed by atoms with Crippen LogP contribution in [-0.2, 0) is 23.7 Å². The van der Waals surface area contributed by atoms with E-state index in [0.717, 1.165) is 0 Å². The molecule has 0 radical (unpaired) electrons. The maximum atomic E-state index is 10.6. The molecule has 0 aromatic heterocycles. The normalized spacial score (nSPS) is 28.8. The zero-order valence-electron chi connectivity index (χ0n) is 10.1. The minimum atomic E-state index is -0.621. The molecule has 6 nitrogen and oxygen atoms in total. The van der Waals surface area contributed by atoms with Gasteiger partial charge in [-0.2, -0.15) is 0 Å². The number of carbonyl (C=O) groups excluding carboxylic acids is 1. The predicted octanol–water partition coefficient (Wildman–Crippen LogP) is 0.938. The highest BCUT2D eigenvalue weighted by molar-refractivity contribution is 5.61. The molecule has 0 aromatic carbocycles. The number of hydrogen-bond acceptors (Lipinski definition) is 6. The van der Waals surface area contributed by atoms with E-state index >= 15 is 0 Å². The number of rotatable bonds is 4. The fourth-order valence-electron chi connectivity index (χ4n) is 1.64. The predicted molar refractivity (Wildman–Crippen MR) is 56.5 cm³/mol. The van der Waals surface area contributed by atoms with Gasteiger partial charge in [-0.1, -0.05) is 0 Å². The van der Waals surface area contributed by atoms with Crippen molar-refractivity contribution >= 4 is 6.16 Å². The second-order valence-electron chi connectivity index (χ2n) is 4.73. The molecule has 0 bridgehead atoms. The van der Waals surface area contributed by atoms with Crippen LogP contribution in [0.15, 0.2) is 0 Å². The monoisotopic (exact) mass is 246 g/mol. The lowest BCUT2D eigenvalue weighted by Crippen LogP contribution is -2.41. The zero-order chi connectivity index (χ0) is 12.3. The first-order valence-electron chi connectivity index (χ1n) is 5.74. The Bertz CT molecular complexity index is 267. The molecule has 0 aromatic rings. The van der Waals surface area contributed by atoms with Crippen LogP contribution in [0.25, 0.3) is 0 Å². The van der Waals surface area contributed by atoms with Crippen molar-refractivity contribution in [3.8, 4) is 0 Å². The highest BCUT2D eigenvalue weighted by atomic mass is 16.8. The van der Waals surface area contributed by atoms with Crippen molar-refractivity contribution in [2.75, 3.05) is 33.0 Å². The van der Waals surface area contributed by atoms with Gasteiger partial charge in [-0.15, -0.1) is 0 Å². The molecule has 0 amide bonds. The Kier molecular flexibility index (Phi) is 3.86. The van der Waals surface area contributed by atoms with Crippen molar-refractivity contribution in [1.29, 1.82) is 0 Å². The van der Waals surface area contributed by atoms with Crippen molar-refractivity contribution in [1.82, 2.24) is 0 Å². The Balaban J connectivity index is 1.58. The van der Waals surface area contributed by atoms with Gasteiger partial charge in [0.15, 0.2) is 11.9 Å². The van der Waals surface area contributed by atoms with E-state index in [4.69, 9.17) is 18.9 Å². The third-order valence-corrected chi connectivity index (χ3v) is 2.64. The molecule has 2 aliphatic rings. The SMILES string of the molecule is CC1(C)OCC(COCC2COC(=O)O2)CO1.